The fraction of sp³-hybridized carbons (Fsp3) is 0.429. The van der Waals surface area contributed by atoms with Crippen molar-refractivity contribution in [1.82, 2.24) is 10.1 Å². The Morgan fingerprint density at radius 1 is 1.42 bits per heavy atom. The van der Waals surface area contributed by atoms with Gasteiger partial charge in [-0.05, 0) is 36.6 Å². The zero-order valence-electron chi connectivity index (χ0n) is 11.4. The van der Waals surface area contributed by atoms with Gasteiger partial charge < -0.3 is 10.3 Å². The van der Waals surface area contributed by atoms with E-state index in [0.29, 0.717) is 17.6 Å². The summed E-state index contributed by atoms with van der Waals surface area (Å²) < 4.78 is 6.33. The lowest BCUT2D eigenvalue weighted by Crippen LogP contribution is -2.18. The quantitative estimate of drug-likeness (QED) is 0.927. The summed E-state index contributed by atoms with van der Waals surface area (Å²) in [5.41, 5.74) is 8.16. The third-order valence-corrected chi connectivity index (χ3v) is 3.91. The highest BCUT2D eigenvalue weighted by Crippen LogP contribution is 2.26. The summed E-state index contributed by atoms with van der Waals surface area (Å²) in [5.74, 6) is 1.42. The van der Waals surface area contributed by atoms with E-state index in [-0.39, 0.29) is 6.04 Å². The molecule has 0 aliphatic carbocycles. The van der Waals surface area contributed by atoms with Gasteiger partial charge in [0, 0.05) is 10.0 Å². The summed E-state index contributed by atoms with van der Waals surface area (Å²) in [7, 11) is 0. The molecule has 0 saturated heterocycles. The van der Waals surface area contributed by atoms with E-state index in [1.165, 1.54) is 0 Å². The fourth-order valence-electron chi connectivity index (χ4n) is 1.86. The van der Waals surface area contributed by atoms with Crippen molar-refractivity contribution in [3.8, 4) is 11.4 Å². The number of aromatic nitrogens is 2. The Labute approximate surface area is 121 Å². The van der Waals surface area contributed by atoms with E-state index in [1.54, 1.807) is 0 Å². The SMILES string of the molecule is CCC(C)C(N)c1nc(-c2ccc(Br)cc2C)no1. The minimum atomic E-state index is -0.206. The van der Waals surface area contributed by atoms with Crippen molar-refractivity contribution in [3.63, 3.8) is 0 Å². The minimum absolute atomic E-state index is 0.206. The van der Waals surface area contributed by atoms with Gasteiger partial charge in [-0.15, -0.1) is 0 Å². The predicted octanol–water partition coefficient (Wildman–Crippen LogP) is 3.85. The molecule has 102 valence electrons. The Balaban J connectivity index is 2.30. The number of nitrogens with two attached hydrogens (primary N) is 1. The van der Waals surface area contributed by atoms with Crippen molar-refractivity contribution < 1.29 is 4.52 Å². The van der Waals surface area contributed by atoms with Gasteiger partial charge in [0.2, 0.25) is 11.7 Å². The van der Waals surface area contributed by atoms with E-state index in [0.717, 1.165) is 22.0 Å². The van der Waals surface area contributed by atoms with E-state index in [4.69, 9.17) is 10.3 Å². The molecular formula is C14H18BrN3O. The number of halogens is 1. The highest BCUT2D eigenvalue weighted by Gasteiger charge is 2.20. The molecule has 0 fully saturated rings. The minimum Gasteiger partial charge on any atom is -0.337 e. The van der Waals surface area contributed by atoms with Crippen molar-refractivity contribution in [2.75, 3.05) is 0 Å². The van der Waals surface area contributed by atoms with Crippen molar-refractivity contribution in [2.24, 2.45) is 11.7 Å². The summed E-state index contributed by atoms with van der Waals surface area (Å²) in [6, 6.07) is 5.76. The first-order chi connectivity index (χ1) is 9.02. The Hall–Kier alpha value is -1.20. The van der Waals surface area contributed by atoms with Crippen LogP contribution in [0.1, 0.15) is 37.8 Å². The van der Waals surface area contributed by atoms with Gasteiger partial charge in [0.1, 0.15) is 0 Å². The summed E-state index contributed by atoms with van der Waals surface area (Å²) in [6.45, 7) is 6.20. The highest BCUT2D eigenvalue weighted by atomic mass is 79.9. The van der Waals surface area contributed by atoms with E-state index < -0.39 is 0 Å². The van der Waals surface area contributed by atoms with Crippen molar-refractivity contribution in [2.45, 2.75) is 33.2 Å². The average molecular weight is 324 g/mol. The average Bonchev–Trinajstić information content (AvgIpc) is 2.86. The van der Waals surface area contributed by atoms with E-state index >= 15 is 0 Å². The Morgan fingerprint density at radius 3 is 2.79 bits per heavy atom. The first kappa shape index (κ1) is 14.2. The smallest absolute Gasteiger partial charge is 0.244 e. The standard InChI is InChI=1S/C14H18BrN3O/c1-4-8(2)12(16)14-17-13(18-19-14)11-6-5-10(15)7-9(11)3/h5-8,12H,4,16H2,1-3H3. The number of aryl methyl sites for hydroxylation is 1. The molecule has 19 heavy (non-hydrogen) atoms. The van der Waals surface area contributed by atoms with E-state index in [2.05, 4.69) is 39.9 Å². The van der Waals surface area contributed by atoms with E-state index in [1.807, 2.05) is 25.1 Å². The number of hydrogen-bond acceptors (Lipinski definition) is 4. The van der Waals surface area contributed by atoms with Gasteiger partial charge in [0.25, 0.3) is 0 Å². The van der Waals surface area contributed by atoms with Crippen LogP contribution >= 0.6 is 15.9 Å². The summed E-state index contributed by atoms with van der Waals surface area (Å²) >= 11 is 3.44. The maximum atomic E-state index is 6.10. The van der Waals surface area contributed by atoms with Crippen LogP contribution in [-0.4, -0.2) is 10.1 Å². The zero-order valence-corrected chi connectivity index (χ0v) is 12.9. The molecule has 2 N–H and O–H groups in total. The second-order valence-electron chi connectivity index (χ2n) is 4.83. The molecule has 1 aromatic carbocycles. The van der Waals surface area contributed by atoms with Crippen LogP contribution in [0.5, 0.6) is 0 Å². The molecule has 2 unspecified atom stereocenters. The van der Waals surface area contributed by atoms with Gasteiger partial charge >= 0.3 is 0 Å². The molecule has 0 aliphatic heterocycles. The van der Waals surface area contributed by atoms with Crippen LogP contribution in [0.4, 0.5) is 0 Å². The number of rotatable bonds is 4. The molecule has 0 saturated carbocycles. The topological polar surface area (TPSA) is 64.9 Å². The lowest BCUT2D eigenvalue weighted by atomic mass is 10.0. The maximum absolute atomic E-state index is 6.10. The molecule has 4 nitrogen and oxygen atoms in total. The number of benzene rings is 1. The molecule has 1 aromatic heterocycles. The molecule has 2 rings (SSSR count). The van der Waals surface area contributed by atoms with Crippen LogP contribution in [0, 0.1) is 12.8 Å². The first-order valence-electron chi connectivity index (χ1n) is 6.38. The molecule has 0 spiro atoms. The Kier molecular flexibility index (Phi) is 4.37. The zero-order chi connectivity index (χ0) is 14.0. The van der Waals surface area contributed by atoms with Crippen molar-refractivity contribution >= 4 is 15.9 Å². The van der Waals surface area contributed by atoms with Gasteiger partial charge in [-0.2, -0.15) is 4.98 Å². The molecule has 5 heteroatoms. The van der Waals surface area contributed by atoms with Crippen molar-refractivity contribution in [3.05, 3.63) is 34.1 Å². The van der Waals surface area contributed by atoms with Gasteiger partial charge in [0.05, 0.1) is 6.04 Å². The van der Waals surface area contributed by atoms with Crippen LogP contribution in [0.25, 0.3) is 11.4 Å². The lowest BCUT2D eigenvalue weighted by molar-refractivity contribution is 0.312. The Morgan fingerprint density at radius 2 is 2.16 bits per heavy atom. The molecule has 2 aromatic rings. The van der Waals surface area contributed by atoms with Gasteiger partial charge in [-0.3, -0.25) is 0 Å². The Bertz CT molecular complexity index is 568. The third kappa shape index (κ3) is 3.04. The maximum Gasteiger partial charge on any atom is 0.244 e. The first-order valence-corrected chi connectivity index (χ1v) is 7.18. The normalized spacial score (nSPS) is 14.4. The molecule has 0 aliphatic rings. The number of hydrogen-bond donors (Lipinski definition) is 1. The summed E-state index contributed by atoms with van der Waals surface area (Å²) in [5, 5.41) is 4.03. The van der Waals surface area contributed by atoms with Crippen LogP contribution in [0.3, 0.4) is 0 Å². The fourth-order valence-corrected chi connectivity index (χ4v) is 2.33. The molecule has 0 bridgehead atoms. The lowest BCUT2D eigenvalue weighted by Gasteiger charge is -2.13. The predicted molar refractivity (Wildman–Crippen MR) is 78.6 cm³/mol. The molecule has 0 radical (unpaired) electrons. The second kappa shape index (κ2) is 5.84. The molecule has 0 amide bonds. The molecule has 1 heterocycles. The number of nitrogens with zero attached hydrogens (tertiary/aromatic N) is 2. The van der Waals surface area contributed by atoms with E-state index in [9.17, 15) is 0 Å². The largest absolute Gasteiger partial charge is 0.337 e. The van der Waals surface area contributed by atoms with Crippen molar-refractivity contribution in [1.29, 1.82) is 0 Å². The molecule has 2 atom stereocenters. The second-order valence-corrected chi connectivity index (χ2v) is 5.74. The van der Waals surface area contributed by atoms with Gasteiger partial charge in [0.15, 0.2) is 0 Å². The van der Waals surface area contributed by atoms with Crippen LogP contribution < -0.4 is 5.73 Å². The molecular weight excluding hydrogens is 306 g/mol. The van der Waals surface area contributed by atoms with Crippen LogP contribution in [0.15, 0.2) is 27.2 Å². The van der Waals surface area contributed by atoms with Gasteiger partial charge in [-0.25, -0.2) is 0 Å². The van der Waals surface area contributed by atoms with Crippen LogP contribution in [-0.2, 0) is 0 Å². The highest BCUT2D eigenvalue weighted by molar-refractivity contribution is 9.10. The van der Waals surface area contributed by atoms with Gasteiger partial charge in [-0.1, -0.05) is 41.4 Å². The monoisotopic (exact) mass is 323 g/mol. The van der Waals surface area contributed by atoms with Crippen LogP contribution in [0.2, 0.25) is 0 Å². The summed E-state index contributed by atoms with van der Waals surface area (Å²) in [4.78, 5) is 4.42. The third-order valence-electron chi connectivity index (χ3n) is 3.41. The summed E-state index contributed by atoms with van der Waals surface area (Å²) in [6.07, 6.45) is 0.982.